The number of benzene rings is 2. The monoisotopic (exact) mass is 582 g/mol. The molecule has 10 nitrogen and oxygen atoms in total. The van der Waals surface area contributed by atoms with Crippen molar-refractivity contribution in [2.45, 2.75) is 5.75 Å². The Morgan fingerprint density at radius 2 is 1.44 bits per heavy atom. The van der Waals surface area contributed by atoms with Crippen LogP contribution >= 0.6 is 11.8 Å². The van der Waals surface area contributed by atoms with Crippen LogP contribution in [0, 0.1) is 0 Å². The number of nitrogens with one attached hydrogen (secondary N) is 1. The fourth-order valence-electron chi connectivity index (χ4n) is 3.82. The second-order valence-electron chi connectivity index (χ2n) is 8.22. The minimum Gasteiger partial charge on any atom is -0.496 e. The predicted molar refractivity (Wildman–Crippen MR) is 160 cm³/mol. The van der Waals surface area contributed by atoms with Gasteiger partial charge < -0.3 is 38.5 Å². The average Bonchev–Trinajstić information content (AvgIpc) is 3.01. The Bertz CT molecular complexity index is 1360. The van der Waals surface area contributed by atoms with E-state index in [1.54, 1.807) is 63.6 Å². The SMILES string of the molecule is COc1cc(OC)c(/C=C/SCc2cnc(OC)c(N/C=C/C(=O)c3cc(OC)c(OC)c(OC)c3)c2)c(OC)c1. The number of rotatable bonds is 15. The highest BCUT2D eigenvalue weighted by atomic mass is 32.2. The lowest BCUT2D eigenvalue weighted by atomic mass is 10.1. The van der Waals surface area contributed by atoms with Crippen LogP contribution in [0.25, 0.3) is 6.08 Å². The van der Waals surface area contributed by atoms with Gasteiger partial charge in [0.15, 0.2) is 17.3 Å². The fourth-order valence-corrected chi connectivity index (χ4v) is 4.50. The molecule has 11 heteroatoms. The van der Waals surface area contributed by atoms with Gasteiger partial charge in [0.2, 0.25) is 11.6 Å². The van der Waals surface area contributed by atoms with Crippen molar-refractivity contribution in [1.29, 1.82) is 0 Å². The van der Waals surface area contributed by atoms with Gasteiger partial charge in [0, 0.05) is 41.9 Å². The Hall–Kier alpha value is -4.51. The molecule has 41 heavy (non-hydrogen) atoms. The summed E-state index contributed by atoms with van der Waals surface area (Å²) in [6, 6.07) is 8.71. The van der Waals surface area contributed by atoms with Crippen LogP contribution in [0.3, 0.4) is 0 Å². The van der Waals surface area contributed by atoms with E-state index in [0.29, 0.717) is 57.4 Å². The number of aromatic nitrogens is 1. The van der Waals surface area contributed by atoms with Gasteiger partial charge in [-0.15, -0.1) is 11.8 Å². The number of carbonyl (C=O) groups is 1. The Kier molecular flexibility index (Phi) is 11.6. The molecule has 0 aliphatic carbocycles. The summed E-state index contributed by atoms with van der Waals surface area (Å²) in [4.78, 5) is 17.2. The van der Waals surface area contributed by atoms with Gasteiger partial charge in [0.05, 0.1) is 55.3 Å². The summed E-state index contributed by atoms with van der Waals surface area (Å²) < 4.78 is 37.7. The van der Waals surface area contributed by atoms with Crippen LogP contribution in [0.4, 0.5) is 5.69 Å². The van der Waals surface area contributed by atoms with Crippen LogP contribution in [-0.4, -0.2) is 60.5 Å². The summed E-state index contributed by atoms with van der Waals surface area (Å²) in [6.07, 6.45) is 6.60. The van der Waals surface area contributed by atoms with Crippen molar-refractivity contribution >= 4 is 29.3 Å². The summed E-state index contributed by atoms with van der Waals surface area (Å²) in [7, 11) is 10.8. The Morgan fingerprint density at radius 3 is 1.98 bits per heavy atom. The van der Waals surface area contributed by atoms with Crippen molar-refractivity contribution in [2.24, 2.45) is 0 Å². The number of ketones is 1. The smallest absolute Gasteiger partial charge is 0.237 e. The first kappa shape index (κ1) is 31.0. The molecule has 0 aliphatic rings. The summed E-state index contributed by atoms with van der Waals surface area (Å²) in [5.41, 5.74) is 2.74. The molecule has 0 spiro atoms. The number of pyridine rings is 1. The summed E-state index contributed by atoms with van der Waals surface area (Å²) in [5.74, 6) is 3.90. The molecule has 0 fully saturated rings. The number of nitrogens with zero attached hydrogens (tertiary/aromatic N) is 1. The first-order valence-corrected chi connectivity index (χ1v) is 13.4. The number of anilines is 1. The molecule has 0 radical (unpaired) electrons. The largest absolute Gasteiger partial charge is 0.496 e. The van der Waals surface area contributed by atoms with E-state index in [-0.39, 0.29) is 5.78 Å². The van der Waals surface area contributed by atoms with Gasteiger partial charge in [0.1, 0.15) is 22.9 Å². The highest BCUT2D eigenvalue weighted by molar-refractivity contribution is 8.01. The van der Waals surface area contributed by atoms with Crippen LogP contribution in [0.1, 0.15) is 21.5 Å². The maximum absolute atomic E-state index is 12.8. The predicted octanol–water partition coefficient (Wildman–Crippen LogP) is 5.85. The Balaban J connectivity index is 1.71. The summed E-state index contributed by atoms with van der Waals surface area (Å²) >= 11 is 1.57. The van der Waals surface area contributed by atoms with Gasteiger partial charge in [0.25, 0.3) is 0 Å². The van der Waals surface area contributed by atoms with Crippen molar-refractivity contribution in [2.75, 3.05) is 55.1 Å². The first-order valence-electron chi connectivity index (χ1n) is 12.3. The molecule has 0 amide bonds. The molecule has 1 N–H and O–H groups in total. The van der Waals surface area contributed by atoms with Crippen LogP contribution in [0.2, 0.25) is 0 Å². The maximum atomic E-state index is 12.8. The quantitative estimate of drug-likeness (QED) is 0.172. The molecule has 0 bridgehead atoms. The van der Waals surface area contributed by atoms with E-state index in [4.69, 9.17) is 33.2 Å². The molecule has 1 aromatic heterocycles. The van der Waals surface area contributed by atoms with Crippen molar-refractivity contribution in [3.63, 3.8) is 0 Å². The lowest BCUT2D eigenvalue weighted by molar-refractivity contribution is 0.104. The zero-order valence-electron chi connectivity index (χ0n) is 24.1. The number of methoxy groups -OCH3 is 7. The van der Waals surface area contributed by atoms with E-state index >= 15 is 0 Å². The van der Waals surface area contributed by atoms with Crippen LogP contribution in [0.15, 0.2) is 54.2 Å². The Morgan fingerprint density at radius 1 is 0.805 bits per heavy atom. The van der Waals surface area contributed by atoms with Gasteiger partial charge in [-0.3, -0.25) is 4.79 Å². The normalized spacial score (nSPS) is 10.9. The van der Waals surface area contributed by atoms with E-state index in [2.05, 4.69) is 10.3 Å². The highest BCUT2D eigenvalue weighted by Crippen LogP contribution is 2.38. The summed E-state index contributed by atoms with van der Waals surface area (Å²) in [5, 5.41) is 5.05. The molecule has 0 saturated carbocycles. The lowest BCUT2D eigenvalue weighted by Crippen LogP contribution is -2.02. The van der Waals surface area contributed by atoms with Gasteiger partial charge in [-0.1, -0.05) is 0 Å². The molecule has 0 unspecified atom stereocenters. The van der Waals surface area contributed by atoms with Crippen molar-refractivity contribution < 1.29 is 38.0 Å². The highest BCUT2D eigenvalue weighted by Gasteiger charge is 2.16. The molecule has 3 aromatic rings. The fraction of sp³-hybridized carbons (Fsp3) is 0.267. The van der Waals surface area contributed by atoms with E-state index in [0.717, 1.165) is 11.1 Å². The third-order valence-corrected chi connectivity index (χ3v) is 6.69. The number of hydrogen-bond donors (Lipinski definition) is 1. The second kappa shape index (κ2) is 15.3. The number of allylic oxidation sites excluding steroid dienone is 1. The third kappa shape index (κ3) is 7.79. The second-order valence-corrected chi connectivity index (χ2v) is 9.11. The standard InChI is InChI=1S/C30H34N2O8S/c1-34-21-15-25(35-2)22(26(16-21)36-3)9-11-41-18-19-12-23(30(40-7)32-17-19)31-10-8-24(33)20-13-27(37-4)29(39-6)28(14-20)38-5/h8-17,31H,18H2,1-7H3/b10-8+,11-9+. The molecule has 0 saturated heterocycles. The van der Waals surface area contributed by atoms with Gasteiger partial charge in [-0.2, -0.15) is 0 Å². The first-order chi connectivity index (χ1) is 19.9. The van der Waals surface area contributed by atoms with Crippen LogP contribution < -0.4 is 38.5 Å². The van der Waals surface area contributed by atoms with Crippen molar-refractivity contribution in [3.8, 4) is 40.4 Å². The van der Waals surface area contributed by atoms with E-state index in [1.165, 1.54) is 40.7 Å². The lowest BCUT2D eigenvalue weighted by Gasteiger charge is -2.13. The zero-order valence-corrected chi connectivity index (χ0v) is 24.9. The number of hydrogen-bond acceptors (Lipinski definition) is 11. The molecule has 1 heterocycles. The van der Waals surface area contributed by atoms with Gasteiger partial charge in [-0.25, -0.2) is 4.98 Å². The van der Waals surface area contributed by atoms with Gasteiger partial charge >= 0.3 is 0 Å². The molecular weight excluding hydrogens is 548 g/mol. The molecule has 3 rings (SSSR count). The minimum atomic E-state index is -0.259. The molecule has 0 aliphatic heterocycles. The summed E-state index contributed by atoms with van der Waals surface area (Å²) in [6.45, 7) is 0. The minimum absolute atomic E-state index is 0.259. The molecule has 218 valence electrons. The van der Waals surface area contributed by atoms with E-state index < -0.39 is 0 Å². The van der Waals surface area contributed by atoms with Crippen LogP contribution in [0.5, 0.6) is 40.4 Å². The number of thioether (sulfide) groups is 1. The van der Waals surface area contributed by atoms with E-state index in [1.807, 2.05) is 17.6 Å². The topological polar surface area (TPSA) is 107 Å². The van der Waals surface area contributed by atoms with Crippen molar-refractivity contribution in [1.82, 2.24) is 4.98 Å². The van der Waals surface area contributed by atoms with Gasteiger partial charge in [-0.05, 0) is 35.2 Å². The third-order valence-electron chi connectivity index (χ3n) is 5.86. The maximum Gasteiger partial charge on any atom is 0.237 e. The molecule has 0 atom stereocenters. The molecular formula is C30H34N2O8S. The Labute approximate surface area is 244 Å². The van der Waals surface area contributed by atoms with E-state index in [9.17, 15) is 4.79 Å². The number of ether oxygens (including phenoxy) is 7. The average molecular weight is 583 g/mol. The molecule has 2 aromatic carbocycles. The van der Waals surface area contributed by atoms with Crippen molar-refractivity contribution in [3.05, 3.63) is 70.9 Å². The number of carbonyl (C=O) groups excluding carboxylic acids is 1. The zero-order chi connectivity index (χ0) is 29.8. The van der Waals surface area contributed by atoms with Crippen LogP contribution in [-0.2, 0) is 5.75 Å².